The van der Waals surface area contributed by atoms with Crippen molar-refractivity contribution in [2.75, 3.05) is 7.11 Å². The molecule has 0 aliphatic rings. The Kier molecular flexibility index (Phi) is 4.94. The van der Waals surface area contributed by atoms with Gasteiger partial charge in [-0.05, 0) is 24.3 Å². The Morgan fingerprint density at radius 3 is 2.64 bits per heavy atom. The van der Waals surface area contributed by atoms with Gasteiger partial charge in [0, 0.05) is 25.0 Å². The van der Waals surface area contributed by atoms with Gasteiger partial charge in [0.25, 0.3) is 5.91 Å². The van der Waals surface area contributed by atoms with Crippen molar-refractivity contribution < 1.29 is 14.3 Å². The topological polar surface area (TPSA) is 94.1 Å². The maximum atomic E-state index is 12.3. The fourth-order valence-electron chi connectivity index (χ4n) is 2.38. The van der Waals surface area contributed by atoms with Gasteiger partial charge in [-0.2, -0.15) is 0 Å². The molecule has 0 unspecified atom stereocenters. The molecule has 0 saturated carbocycles. The van der Waals surface area contributed by atoms with Gasteiger partial charge in [-0.15, -0.1) is 0 Å². The maximum Gasteiger partial charge on any atom is 0.328 e. The summed E-state index contributed by atoms with van der Waals surface area (Å²) in [7, 11) is 1.28. The van der Waals surface area contributed by atoms with Crippen LogP contribution in [0.4, 0.5) is 0 Å². The first kappa shape index (κ1) is 16.5. The zero-order chi connectivity index (χ0) is 17.6. The lowest BCUT2D eigenvalue weighted by molar-refractivity contribution is -0.142. The number of carbonyl (C=O) groups excluding carboxylic acids is 2. The Bertz CT molecular complexity index is 899. The van der Waals surface area contributed by atoms with Crippen LogP contribution in [0.3, 0.4) is 0 Å². The molecule has 0 spiro atoms. The fraction of sp³-hybridized carbons (Fsp3) is 0.167. The van der Waals surface area contributed by atoms with E-state index in [9.17, 15) is 9.59 Å². The highest BCUT2D eigenvalue weighted by Gasteiger charge is 2.23. The number of ether oxygens (including phenoxy) is 1. The Morgan fingerprint density at radius 1 is 1.12 bits per heavy atom. The Labute approximate surface area is 144 Å². The lowest BCUT2D eigenvalue weighted by Crippen LogP contribution is -2.43. The van der Waals surface area contributed by atoms with Gasteiger partial charge in [0.05, 0.1) is 29.4 Å². The highest BCUT2D eigenvalue weighted by Crippen LogP contribution is 2.10. The van der Waals surface area contributed by atoms with E-state index in [2.05, 4.69) is 20.3 Å². The van der Waals surface area contributed by atoms with Crippen LogP contribution >= 0.6 is 0 Å². The third-order valence-electron chi connectivity index (χ3n) is 3.63. The van der Waals surface area contributed by atoms with E-state index in [0.717, 1.165) is 11.0 Å². The number of methoxy groups -OCH3 is 1. The zero-order valence-corrected chi connectivity index (χ0v) is 13.5. The van der Waals surface area contributed by atoms with Crippen LogP contribution in [0.25, 0.3) is 11.0 Å². The van der Waals surface area contributed by atoms with Gasteiger partial charge < -0.3 is 10.1 Å². The number of nitrogens with one attached hydrogen (secondary N) is 1. The Balaban J connectivity index is 1.80. The first-order chi connectivity index (χ1) is 12.2. The average Bonchev–Trinajstić information content (AvgIpc) is 2.67. The molecule has 7 nitrogen and oxygen atoms in total. The van der Waals surface area contributed by atoms with Crippen molar-refractivity contribution in [3.05, 3.63) is 66.2 Å². The minimum Gasteiger partial charge on any atom is -0.467 e. The smallest absolute Gasteiger partial charge is 0.328 e. The number of fused-ring (bicyclic) bond motifs is 1. The fourth-order valence-corrected chi connectivity index (χ4v) is 2.38. The molecule has 126 valence electrons. The van der Waals surface area contributed by atoms with Crippen molar-refractivity contribution in [1.82, 2.24) is 20.3 Å². The quantitative estimate of drug-likeness (QED) is 0.710. The molecule has 2 aromatic heterocycles. The van der Waals surface area contributed by atoms with Crippen LogP contribution < -0.4 is 5.32 Å². The molecule has 1 N–H and O–H groups in total. The number of aromatic nitrogens is 3. The summed E-state index contributed by atoms with van der Waals surface area (Å²) in [5.41, 5.74) is 2.43. The number of esters is 1. The van der Waals surface area contributed by atoms with Gasteiger partial charge >= 0.3 is 5.97 Å². The van der Waals surface area contributed by atoms with Gasteiger partial charge in [-0.3, -0.25) is 14.8 Å². The minimum atomic E-state index is -0.867. The van der Waals surface area contributed by atoms with Gasteiger partial charge in [-0.1, -0.05) is 12.1 Å². The molecule has 3 aromatic rings. The van der Waals surface area contributed by atoms with Crippen molar-refractivity contribution in [2.24, 2.45) is 0 Å². The first-order valence-corrected chi connectivity index (χ1v) is 7.67. The number of carbonyl (C=O) groups is 2. The van der Waals surface area contributed by atoms with Crippen LogP contribution in [0, 0.1) is 0 Å². The molecule has 1 aromatic carbocycles. The minimum absolute atomic E-state index is 0.177. The van der Waals surface area contributed by atoms with Crippen molar-refractivity contribution in [2.45, 2.75) is 12.5 Å². The molecule has 0 saturated heterocycles. The lowest BCUT2D eigenvalue weighted by atomic mass is 10.1. The normalized spacial score (nSPS) is 11.7. The van der Waals surface area contributed by atoms with Crippen LogP contribution in [0.15, 0.2) is 55.0 Å². The number of hydrogen-bond acceptors (Lipinski definition) is 6. The number of nitrogens with zero attached hydrogens (tertiary/aromatic N) is 3. The molecule has 0 aliphatic carbocycles. The summed E-state index contributed by atoms with van der Waals surface area (Å²) in [5.74, 6) is -0.954. The van der Waals surface area contributed by atoms with E-state index in [4.69, 9.17) is 4.74 Å². The van der Waals surface area contributed by atoms with E-state index in [1.807, 2.05) is 24.3 Å². The maximum absolute atomic E-state index is 12.3. The molecular formula is C18H16N4O3. The summed E-state index contributed by atoms with van der Waals surface area (Å²) in [5, 5.41) is 2.66. The Morgan fingerprint density at radius 2 is 1.92 bits per heavy atom. The predicted molar refractivity (Wildman–Crippen MR) is 90.7 cm³/mol. The molecule has 0 radical (unpaired) electrons. The van der Waals surface area contributed by atoms with Gasteiger partial charge in [0.1, 0.15) is 6.04 Å². The molecule has 2 heterocycles. The van der Waals surface area contributed by atoms with Crippen LogP contribution in [0.5, 0.6) is 0 Å². The van der Waals surface area contributed by atoms with Crippen LogP contribution in [-0.2, 0) is 16.0 Å². The highest BCUT2D eigenvalue weighted by atomic mass is 16.5. The standard InChI is InChI=1S/C18H16N4O3/c1-25-18(24)16(22-17(23)12-5-4-8-19-10-12)9-13-11-20-14-6-2-3-7-15(14)21-13/h2-8,10-11,16H,9H2,1H3,(H,22,23)/t16-/m0/s1. The summed E-state index contributed by atoms with van der Waals surface area (Å²) in [6.07, 6.45) is 4.77. The summed E-state index contributed by atoms with van der Waals surface area (Å²) in [4.78, 5) is 37.0. The molecule has 3 rings (SSSR count). The van der Waals surface area contributed by atoms with E-state index in [1.165, 1.54) is 13.3 Å². The highest BCUT2D eigenvalue weighted by molar-refractivity contribution is 5.96. The van der Waals surface area contributed by atoms with Crippen LogP contribution in [-0.4, -0.2) is 40.0 Å². The van der Waals surface area contributed by atoms with E-state index in [-0.39, 0.29) is 6.42 Å². The van der Waals surface area contributed by atoms with Crippen molar-refractivity contribution >= 4 is 22.9 Å². The van der Waals surface area contributed by atoms with E-state index in [0.29, 0.717) is 11.3 Å². The molecule has 7 heteroatoms. The van der Waals surface area contributed by atoms with E-state index < -0.39 is 17.9 Å². The van der Waals surface area contributed by atoms with Gasteiger partial charge in [-0.25, -0.2) is 9.78 Å². The number of rotatable bonds is 5. The molecular weight excluding hydrogens is 320 g/mol. The number of para-hydroxylation sites is 2. The number of pyridine rings is 1. The second kappa shape index (κ2) is 7.48. The number of benzene rings is 1. The number of hydrogen-bond donors (Lipinski definition) is 1. The largest absolute Gasteiger partial charge is 0.467 e. The third kappa shape index (κ3) is 3.95. The van der Waals surface area contributed by atoms with Crippen LogP contribution in [0.2, 0.25) is 0 Å². The van der Waals surface area contributed by atoms with Crippen molar-refractivity contribution in [1.29, 1.82) is 0 Å². The molecule has 0 fully saturated rings. The molecule has 0 aliphatic heterocycles. The first-order valence-electron chi connectivity index (χ1n) is 7.67. The zero-order valence-electron chi connectivity index (χ0n) is 13.5. The van der Waals surface area contributed by atoms with E-state index in [1.54, 1.807) is 24.5 Å². The summed E-state index contributed by atoms with van der Waals surface area (Å²) in [6.45, 7) is 0. The van der Waals surface area contributed by atoms with Gasteiger partial charge in [0.2, 0.25) is 0 Å². The van der Waals surface area contributed by atoms with E-state index >= 15 is 0 Å². The monoisotopic (exact) mass is 336 g/mol. The summed E-state index contributed by atoms with van der Waals surface area (Å²) >= 11 is 0. The number of amides is 1. The third-order valence-corrected chi connectivity index (χ3v) is 3.63. The Hall–Kier alpha value is -3.35. The summed E-state index contributed by atoms with van der Waals surface area (Å²) in [6, 6.07) is 9.84. The molecule has 0 bridgehead atoms. The SMILES string of the molecule is COC(=O)[C@H](Cc1cnc2ccccc2n1)NC(=O)c1cccnc1. The van der Waals surface area contributed by atoms with Crippen LogP contribution in [0.1, 0.15) is 16.1 Å². The second-order valence-corrected chi connectivity index (χ2v) is 5.35. The summed E-state index contributed by atoms with van der Waals surface area (Å²) < 4.78 is 4.79. The average molecular weight is 336 g/mol. The molecule has 1 atom stereocenters. The second-order valence-electron chi connectivity index (χ2n) is 5.35. The molecule has 1 amide bonds. The van der Waals surface area contributed by atoms with Crippen molar-refractivity contribution in [3.63, 3.8) is 0 Å². The lowest BCUT2D eigenvalue weighted by Gasteiger charge is -2.16. The molecule has 25 heavy (non-hydrogen) atoms. The predicted octanol–water partition coefficient (Wildman–Crippen LogP) is 1.54. The van der Waals surface area contributed by atoms with Crippen molar-refractivity contribution in [3.8, 4) is 0 Å². The van der Waals surface area contributed by atoms with Gasteiger partial charge in [0.15, 0.2) is 0 Å².